The van der Waals surface area contributed by atoms with E-state index in [0.717, 1.165) is 25.0 Å². The zero-order chi connectivity index (χ0) is 13.7. The molecule has 1 aromatic carbocycles. The molecule has 1 aliphatic carbocycles. The maximum absolute atomic E-state index is 9.28. The molecule has 1 aromatic rings. The SMILES string of the molecule is CCC(N)(CO)CCCSc1ccc2c(c1)CCC2. The van der Waals surface area contributed by atoms with Gasteiger partial charge in [0.05, 0.1) is 6.61 Å². The highest BCUT2D eigenvalue weighted by atomic mass is 32.2. The molecule has 0 saturated carbocycles. The summed E-state index contributed by atoms with van der Waals surface area (Å²) in [6.07, 6.45) is 6.61. The molecule has 1 aliphatic rings. The quantitative estimate of drug-likeness (QED) is 0.595. The zero-order valence-electron chi connectivity index (χ0n) is 11.8. The van der Waals surface area contributed by atoms with Crippen LogP contribution in [0.4, 0.5) is 0 Å². The van der Waals surface area contributed by atoms with Crippen LogP contribution >= 0.6 is 11.8 Å². The van der Waals surface area contributed by atoms with Crippen LogP contribution in [0.2, 0.25) is 0 Å². The second-order valence-electron chi connectivity index (χ2n) is 5.61. The minimum absolute atomic E-state index is 0.0903. The molecule has 0 spiro atoms. The second-order valence-corrected chi connectivity index (χ2v) is 6.78. The van der Waals surface area contributed by atoms with E-state index in [0.29, 0.717) is 0 Å². The molecule has 0 aliphatic heterocycles. The first kappa shape index (κ1) is 14.9. The summed E-state index contributed by atoms with van der Waals surface area (Å²) in [6.45, 7) is 2.14. The Labute approximate surface area is 120 Å². The van der Waals surface area contributed by atoms with Gasteiger partial charge in [-0.05, 0) is 67.5 Å². The van der Waals surface area contributed by atoms with Gasteiger partial charge in [0, 0.05) is 10.4 Å². The van der Waals surface area contributed by atoms with Crippen molar-refractivity contribution in [1.29, 1.82) is 0 Å². The van der Waals surface area contributed by atoms with E-state index in [1.165, 1.54) is 29.7 Å². The average molecular weight is 279 g/mol. The van der Waals surface area contributed by atoms with Gasteiger partial charge in [-0.25, -0.2) is 0 Å². The Morgan fingerprint density at radius 3 is 2.84 bits per heavy atom. The predicted molar refractivity (Wildman–Crippen MR) is 82.7 cm³/mol. The first-order valence-electron chi connectivity index (χ1n) is 7.31. The normalized spacial score (nSPS) is 17.2. The van der Waals surface area contributed by atoms with Gasteiger partial charge < -0.3 is 10.8 Å². The van der Waals surface area contributed by atoms with Crippen molar-refractivity contribution in [2.75, 3.05) is 12.4 Å². The highest BCUT2D eigenvalue weighted by Crippen LogP contribution is 2.28. The molecule has 2 nitrogen and oxygen atoms in total. The van der Waals surface area contributed by atoms with Gasteiger partial charge in [0.1, 0.15) is 0 Å². The second kappa shape index (κ2) is 6.78. The Hall–Kier alpha value is -0.510. The van der Waals surface area contributed by atoms with Gasteiger partial charge in [-0.3, -0.25) is 0 Å². The van der Waals surface area contributed by atoms with Gasteiger partial charge in [-0.2, -0.15) is 0 Å². The number of hydrogen-bond acceptors (Lipinski definition) is 3. The van der Waals surface area contributed by atoms with Crippen molar-refractivity contribution >= 4 is 11.8 Å². The molecule has 0 amide bonds. The number of rotatable bonds is 7. The van der Waals surface area contributed by atoms with Gasteiger partial charge in [-0.15, -0.1) is 11.8 Å². The summed E-state index contributed by atoms with van der Waals surface area (Å²) in [4.78, 5) is 1.38. The highest BCUT2D eigenvalue weighted by molar-refractivity contribution is 7.99. The molecule has 1 atom stereocenters. The number of benzene rings is 1. The minimum Gasteiger partial charge on any atom is -0.394 e. The monoisotopic (exact) mass is 279 g/mol. The summed E-state index contributed by atoms with van der Waals surface area (Å²) >= 11 is 1.91. The van der Waals surface area contributed by atoms with E-state index in [-0.39, 0.29) is 12.1 Å². The van der Waals surface area contributed by atoms with Crippen molar-refractivity contribution in [3.05, 3.63) is 29.3 Å². The Kier molecular flexibility index (Phi) is 5.31. The third kappa shape index (κ3) is 3.98. The van der Waals surface area contributed by atoms with Crippen LogP contribution in [0.3, 0.4) is 0 Å². The molecule has 19 heavy (non-hydrogen) atoms. The standard InChI is InChI=1S/C16H25NOS/c1-2-16(17,12-18)9-4-10-19-15-8-7-13-5-3-6-14(13)11-15/h7-8,11,18H,2-6,9-10,12,17H2,1H3. The molecule has 2 rings (SSSR count). The topological polar surface area (TPSA) is 46.2 Å². The number of fused-ring (bicyclic) bond motifs is 1. The van der Waals surface area contributed by atoms with Gasteiger partial charge in [-0.1, -0.05) is 13.0 Å². The number of aliphatic hydroxyl groups excluding tert-OH is 1. The summed E-state index contributed by atoms with van der Waals surface area (Å²) in [5.74, 6) is 1.08. The Bertz CT molecular complexity index is 415. The maximum atomic E-state index is 9.28. The lowest BCUT2D eigenvalue weighted by Crippen LogP contribution is -2.42. The van der Waals surface area contributed by atoms with Crippen LogP contribution in [0.15, 0.2) is 23.1 Å². The van der Waals surface area contributed by atoms with Crippen LogP contribution in [0.1, 0.15) is 43.7 Å². The zero-order valence-corrected chi connectivity index (χ0v) is 12.6. The number of aryl methyl sites for hydroxylation is 2. The first-order chi connectivity index (χ1) is 9.17. The summed E-state index contributed by atoms with van der Waals surface area (Å²) in [5.41, 5.74) is 8.80. The molecular weight excluding hydrogens is 254 g/mol. The summed E-state index contributed by atoms with van der Waals surface area (Å²) in [6, 6.07) is 6.89. The molecule has 3 heteroatoms. The maximum Gasteiger partial charge on any atom is 0.0611 e. The summed E-state index contributed by atoms with van der Waals surface area (Å²) in [7, 11) is 0. The van der Waals surface area contributed by atoms with E-state index in [2.05, 4.69) is 18.2 Å². The fraction of sp³-hybridized carbons (Fsp3) is 0.625. The van der Waals surface area contributed by atoms with Crippen molar-refractivity contribution in [2.24, 2.45) is 5.73 Å². The molecule has 1 unspecified atom stereocenters. The van der Waals surface area contributed by atoms with Crippen molar-refractivity contribution < 1.29 is 5.11 Å². The lowest BCUT2D eigenvalue weighted by atomic mass is 9.93. The van der Waals surface area contributed by atoms with Gasteiger partial charge in [0.15, 0.2) is 0 Å². The predicted octanol–water partition coefficient (Wildman–Crippen LogP) is 3.15. The Balaban J connectivity index is 1.77. The van der Waals surface area contributed by atoms with E-state index in [9.17, 15) is 5.11 Å². The van der Waals surface area contributed by atoms with E-state index in [1.807, 2.05) is 18.7 Å². The van der Waals surface area contributed by atoms with Crippen LogP contribution < -0.4 is 5.73 Å². The molecular formula is C16H25NOS. The number of thioether (sulfide) groups is 1. The Morgan fingerprint density at radius 1 is 1.32 bits per heavy atom. The smallest absolute Gasteiger partial charge is 0.0611 e. The van der Waals surface area contributed by atoms with Crippen molar-refractivity contribution in [2.45, 2.75) is 55.9 Å². The Morgan fingerprint density at radius 2 is 2.11 bits per heavy atom. The van der Waals surface area contributed by atoms with Crippen LogP contribution in [-0.4, -0.2) is 23.0 Å². The fourth-order valence-electron chi connectivity index (χ4n) is 2.62. The average Bonchev–Trinajstić information content (AvgIpc) is 2.91. The summed E-state index contributed by atoms with van der Waals surface area (Å²) in [5, 5.41) is 9.28. The number of nitrogens with two attached hydrogens (primary N) is 1. The van der Waals surface area contributed by atoms with Crippen LogP contribution in [0.5, 0.6) is 0 Å². The number of hydrogen-bond donors (Lipinski definition) is 2. The fourth-order valence-corrected chi connectivity index (χ4v) is 3.53. The molecule has 3 N–H and O–H groups in total. The van der Waals surface area contributed by atoms with Gasteiger partial charge in [0.25, 0.3) is 0 Å². The molecule has 106 valence electrons. The first-order valence-corrected chi connectivity index (χ1v) is 8.30. The third-order valence-corrected chi connectivity index (χ3v) is 5.26. The molecule has 0 fully saturated rings. The van der Waals surface area contributed by atoms with E-state index in [1.54, 1.807) is 5.56 Å². The van der Waals surface area contributed by atoms with Gasteiger partial charge in [0.2, 0.25) is 0 Å². The van der Waals surface area contributed by atoms with E-state index < -0.39 is 0 Å². The lowest BCUT2D eigenvalue weighted by molar-refractivity contribution is 0.182. The molecule has 0 aromatic heterocycles. The summed E-state index contributed by atoms with van der Waals surface area (Å²) < 4.78 is 0. The molecule has 0 heterocycles. The van der Waals surface area contributed by atoms with Crippen molar-refractivity contribution in [3.63, 3.8) is 0 Å². The van der Waals surface area contributed by atoms with Crippen LogP contribution in [0.25, 0.3) is 0 Å². The molecule has 0 bridgehead atoms. The van der Waals surface area contributed by atoms with Crippen LogP contribution in [-0.2, 0) is 12.8 Å². The third-order valence-electron chi connectivity index (χ3n) is 4.18. The number of aliphatic hydroxyl groups is 1. The van der Waals surface area contributed by atoms with E-state index in [4.69, 9.17) is 5.73 Å². The molecule has 0 saturated heterocycles. The van der Waals surface area contributed by atoms with Gasteiger partial charge >= 0.3 is 0 Å². The van der Waals surface area contributed by atoms with Crippen LogP contribution in [0, 0.1) is 0 Å². The molecule has 0 radical (unpaired) electrons. The minimum atomic E-state index is -0.376. The van der Waals surface area contributed by atoms with Crippen molar-refractivity contribution in [3.8, 4) is 0 Å². The lowest BCUT2D eigenvalue weighted by Gasteiger charge is -2.25. The van der Waals surface area contributed by atoms with E-state index >= 15 is 0 Å². The van der Waals surface area contributed by atoms with Crippen molar-refractivity contribution in [1.82, 2.24) is 0 Å². The highest BCUT2D eigenvalue weighted by Gasteiger charge is 2.20. The largest absolute Gasteiger partial charge is 0.394 e.